The second kappa shape index (κ2) is 5.92. The number of ether oxygens (including phenoxy) is 3. The summed E-state index contributed by atoms with van der Waals surface area (Å²) in [5.41, 5.74) is 1.22. The maximum atomic E-state index is 13.3. The van der Waals surface area contributed by atoms with Crippen LogP contribution in [0.25, 0.3) is 0 Å². The summed E-state index contributed by atoms with van der Waals surface area (Å²) in [6, 6.07) is 12.7. The van der Waals surface area contributed by atoms with E-state index < -0.39 is 0 Å². The molecular formula is C20H20FNO3. The summed E-state index contributed by atoms with van der Waals surface area (Å²) in [5.74, 6) is 2.99. The fraction of sp³-hybridized carbons (Fsp3) is 0.400. The lowest BCUT2D eigenvalue weighted by Gasteiger charge is -2.32. The Hall–Kier alpha value is -2.27. The van der Waals surface area contributed by atoms with E-state index in [0.29, 0.717) is 11.8 Å². The molecule has 4 atom stereocenters. The van der Waals surface area contributed by atoms with Crippen LogP contribution in [0.2, 0.25) is 0 Å². The van der Waals surface area contributed by atoms with Crippen molar-refractivity contribution in [3.8, 4) is 17.2 Å². The molecule has 0 N–H and O–H groups in total. The van der Waals surface area contributed by atoms with Gasteiger partial charge in [0.2, 0.25) is 6.79 Å². The van der Waals surface area contributed by atoms with E-state index in [1.165, 1.54) is 5.56 Å². The number of rotatable bonds is 3. The Morgan fingerprint density at radius 3 is 2.72 bits per heavy atom. The lowest BCUT2D eigenvalue weighted by Crippen LogP contribution is -2.33. The van der Waals surface area contributed by atoms with Gasteiger partial charge in [-0.2, -0.15) is 0 Å². The Morgan fingerprint density at radius 2 is 1.84 bits per heavy atom. The quantitative estimate of drug-likeness (QED) is 0.856. The average Bonchev–Trinajstić information content (AvgIpc) is 3.21. The number of piperidine rings is 1. The molecule has 130 valence electrons. The molecule has 2 aromatic rings. The average molecular weight is 341 g/mol. The van der Waals surface area contributed by atoms with Crippen molar-refractivity contribution in [1.29, 1.82) is 0 Å². The minimum atomic E-state index is -0.180. The molecule has 3 heterocycles. The number of fused-ring (bicyclic) bond motifs is 3. The first-order valence-corrected chi connectivity index (χ1v) is 8.80. The number of benzene rings is 2. The van der Waals surface area contributed by atoms with Crippen LogP contribution in [0.15, 0.2) is 42.5 Å². The molecule has 2 saturated heterocycles. The molecule has 5 rings (SSSR count). The molecule has 25 heavy (non-hydrogen) atoms. The molecule has 0 amide bonds. The normalized spacial score (nSPS) is 29.6. The molecular weight excluding hydrogens is 321 g/mol. The SMILES string of the molecule is Fc1ccc(C2CCN3CC(Oc4ccc5c(c4)OCO5)C2C3)cc1. The highest BCUT2D eigenvalue weighted by Crippen LogP contribution is 2.42. The fourth-order valence-electron chi connectivity index (χ4n) is 4.36. The van der Waals surface area contributed by atoms with Crippen molar-refractivity contribution < 1.29 is 18.6 Å². The van der Waals surface area contributed by atoms with E-state index in [4.69, 9.17) is 14.2 Å². The van der Waals surface area contributed by atoms with E-state index in [-0.39, 0.29) is 18.7 Å². The van der Waals surface area contributed by atoms with Crippen molar-refractivity contribution in [2.75, 3.05) is 26.4 Å². The van der Waals surface area contributed by atoms with Gasteiger partial charge in [0.15, 0.2) is 11.5 Å². The molecule has 0 saturated carbocycles. The maximum Gasteiger partial charge on any atom is 0.231 e. The van der Waals surface area contributed by atoms with Gasteiger partial charge in [-0.1, -0.05) is 12.1 Å². The van der Waals surface area contributed by atoms with E-state index in [0.717, 1.165) is 43.3 Å². The summed E-state index contributed by atoms with van der Waals surface area (Å²) < 4.78 is 30.4. The largest absolute Gasteiger partial charge is 0.489 e. The number of hydrogen-bond donors (Lipinski definition) is 0. The summed E-state index contributed by atoms with van der Waals surface area (Å²) in [5, 5.41) is 0. The van der Waals surface area contributed by atoms with Gasteiger partial charge in [0.25, 0.3) is 0 Å². The number of halogens is 1. The van der Waals surface area contributed by atoms with Crippen LogP contribution in [0, 0.1) is 11.7 Å². The number of hydrogen-bond acceptors (Lipinski definition) is 4. The molecule has 0 aromatic heterocycles. The van der Waals surface area contributed by atoms with Crippen molar-refractivity contribution in [3.63, 3.8) is 0 Å². The second-order valence-electron chi connectivity index (χ2n) is 7.04. The van der Waals surface area contributed by atoms with E-state index in [1.54, 1.807) is 12.1 Å². The van der Waals surface area contributed by atoms with Crippen molar-refractivity contribution in [1.82, 2.24) is 4.90 Å². The highest BCUT2D eigenvalue weighted by molar-refractivity contribution is 5.47. The highest BCUT2D eigenvalue weighted by Gasteiger charge is 2.43. The summed E-state index contributed by atoms with van der Waals surface area (Å²) in [4.78, 5) is 2.46. The molecule has 2 aromatic carbocycles. The van der Waals surface area contributed by atoms with E-state index >= 15 is 0 Å². The van der Waals surface area contributed by atoms with Crippen LogP contribution in [0.1, 0.15) is 17.9 Å². The molecule has 4 nitrogen and oxygen atoms in total. The van der Waals surface area contributed by atoms with Gasteiger partial charge in [-0.05, 0) is 48.7 Å². The lowest BCUT2D eigenvalue weighted by atomic mass is 9.80. The van der Waals surface area contributed by atoms with Crippen LogP contribution < -0.4 is 14.2 Å². The van der Waals surface area contributed by atoms with Gasteiger partial charge in [0, 0.05) is 25.1 Å². The van der Waals surface area contributed by atoms with Crippen molar-refractivity contribution in [2.24, 2.45) is 5.92 Å². The monoisotopic (exact) mass is 341 g/mol. The molecule has 3 aliphatic heterocycles. The summed E-state index contributed by atoms with van der Waals surface area (Å²) in [6.45, 7) is 3.32. The first-order chi connectivity index (χ1) is 12.3. The summed E-state index contributed by atoms with van der Waals surface area (Å²) in [7, 11) is 0. The van der Waals surface area contributed by atoms with Gasteiger partial charge in [-0.25, -0.2) is 4.39 Å². The maximum absolute atomic E-state index is 13.3. The van der Waals surface area contributed by atoms with Gasteiger partial charge in [0.1, 0.15) is 17.7 Å². The molecule has 2 bridgehead atoms. The first kappa shape index (κ1) is 15.0. The molecule has 2 fully saturated rings. The summed E-state index contributed by atoms with van der Waals surface area (Å²) in [6.07, 6.45) is 1.23. The molecule has 5 heteroatoms. The van der Waals surface area contributed by atoms with Crippen molar-refractivity contribution >= 4 is 0 Å². The second-order valence-corrected chi connectivity index (χ2v) is 7.04. The molecule has 3 aliphatic rings. The van der Waals surface area contributed by atoms with E-state index in [1.807, 2.05) is 30.3 Å². The van der Waals surface area contributed by atoms with Crippen LogP contribution in [-0.2, 0) is 0 Å². The van der Waals surface area contributed by atoms with Crippen LogP contribution in [0.3, 0.4) is 0 Å². The van der Waals surface area contributed by atoms with Crippen molar-refractivity contribution in [3.05, 3.63) is 53.8 Å². The lowest BCUT2D eigenvalue weighted by molar-refractivity contribution is 0.156. The Morgan fingerprint density at radius 1 is 1.00 bits per heavy atom. The smallest absolute Gasteiger partial charge is 0.231 e. The van der Waals surface area contributed by atoms with Gasteiger partial charge < -0.3 is 14.2 Å². The van der Waals surface area contributed by atoms with Crippen LogP contribution in [-0.4, -0.2) is 37.4 Å². The van der Waals surface area contributed by atoms with Crippen LogP contribution in [0.4, 0.5) is 4.39 Å². The van der Waals surface area contributed by atoms with Crippen LogP contribution in [0.5, 0.6) is 17.2 Å². The molecule has 4 unspecified atom stereocenters. The Balaban J connectivity index is 1.37. The zero-order valence-corrected chi connectivity index (χ0v) is 13.9. The van der Waals surface area contributed by atoms with Crippen molar-refractivity contribution in [2.45, 2.75) is 18.4 Å². The highest BCUT2D eigenvalue weighted by atomic mass is 19.1. The molecule has 0 spiro atoms. The minimum Gasteiger partial charge on any atom is -0.489 e. The first-order valence-electron chi connectivity index (χ1n) is 8.80. The zero-order valence-electron chi connectivity index (χ0n) is 13.9. The Labute approximate surface area is 146 Å². The van der Waals surface area contributed by atoms with E-state index in [9.17, 15) is 4.39 Å². The van der Waals surface area contributed by atoms with Gasteiger partial charge in [-0.3, -0.25) is 4.90 Å². The van der Waals surface area contributed by atoms with Crippen LogP contribution >= 0.6 is 0 Å². The third-order valence-electron chi connectivity index (χ3n) is 5.59. The Bertz CT molecular complexity index is 779. The standard InChI is InChI=1S/C20H20FNO3/c21-14-3-1-13(2-4-14)16-7-8-22-10-17(16)20(11-22)25-15-5-6-18-19(9-15)24-12-23-18/h1-6,9,16-17,20H,7-8,10-12H2. The third-order valence-corrected chi connectivity index (χ3v) is 5.59. The Kier molecular flexibility index (Phi) is 3.55. The third kappa shape index (κ3) is 2.72. The predicted molar refractivity (Wildman–Crippen MR) is 90.7 cm³/mol. The summed E-state index contributed by atoms with van der Waals surface area (Å²) >= 11 is 0. The minimum absolute atomic E-state index is 0.137. The van der Waals surface area contributed by atoms with E-state index in [2.05, 4.69) is 4.90 Å². The van der Waals surface area contributed by atoms with Gasteiger partial charge in [-0.15, -0.1) is 0 Å². The molecule has 0 radical (unpaired) electrons. The zero-order chi connectivity index (χ0) is 16.8. The molecule has 0 aliphatic carbocycles. The topological polar surface area (TPSA) is 30.9 Å². The predicted octanol–water partition coefficient (Wildman–Crippen LogP) is 3.42. The number of nitrogens with zero attached hydrogens (tertiary/aromatic N) is 1. The van der Waals surface area contributed by atoms with Gasteiger partial charge >= 0.3 is 0 Å². The fourth-order valence-corrected chi connectivity index (χ4v) is 4.36. The van der Waals surface area contributed by atoms with Gasteiger partial charge in [0.05, 0.1) is 0 Å².